The van der Waals surface area contributed by atoms with E-state index in [-0.39, 0.29) is 5.66 Å². The molecule has 1 fully saturated rings. The van der Waals surface area contributed by atoms with Gasteiger partial charge in [-0.3, -0.25) is 0 Å². The van der Waals surface area contributed by atoms with Crippen molar-refractivity contribution in [2.45, 2.75) is 37.5 Å². The van der Waals surface area contributed by atoms with Gasteiger partial charge in [-0.1, -0.05) is 24.3 Å². The SMILES string of the molecule is CN1c2ccccc2N(C)C1C1CCCC2(C1)N(C)c1ccccc1N2C. The zero-order valence-electron chi connectivity index (χ0n) is 16.9. The highest BCUT2D eigenvalue weighted by Crippen LogP contribution is 2.52. The highest BCUT2D eigenvalue weighted by atomic mass is 15.5. The van der Waals surface area contributed by atoms with Crippen molar-refractivity contribution in [2.24, 2.45) is 5.92 Å². The average Bonchev–Trinajstić information content (AvgIpc) is 3.07. The summed E-state index contributed by atoms with van der Waals surface area (Å²) in [7, 11) is 9.12. The Kier molecular flexibility index (Phi) is 3.62. The van der Waals surface area contributed by atoms with Crippen molar-refractivity contribution in [2.75, 3.05) is 47.8 Å². The second-order valence-corrected chi connectivity index (χ2v) is 8.57. The molecule has 0 amide bonds. The van der Waals surface area contributed by atoms with E-state index in [2.05, 4.69) is 96.3 Å². The first-order chi connectivity index (χ1) is 13.0. The van der Waals surface area contributed by atoms with Gasteiger partial charge >= 0.3 is 0 Å². The Morgan fingerprint density at radius 2 is 1.22 bits per heavy atom. The molecule has 0 radical (unpaired) electrons. The molecule has 2 aromatic rings. The smallest absolute Gasteiger partial charge is 0.113 e. The fourth-order valence-corrected chi connectivity index (χ4v) is 6.08. The zero-order valence-corrected chi connectivity index (χ0v) is 16.9. The van der Waals surface area contributed by atoms with Crippen molar-refractivity contribution >= 4 is 22.7 Å². The summed E-state index contributed by atoms with van der Waals surface area (Å²) in [4.78, 5) is 10.1. The normalized spacial score (nSPS) is 23.9. The third kappa shape index (κ3) is 2.16. The minimum atomic E-state index is 0.100. The third-order valence-electron chi connectivity index (χ3n) is 7.45. The van der Waals surface area contributed by atoms with Crippen LogP contribution in [0, 0.1) is 5.92 Å². The van der Waals surface area contributed by atoms with Gasteiger partial charge in [-0.05, 0) is 49.9 Å². The van der Waals surface area contributed by atoms with E-state index in [0.29, 0.717) is 12.1 Å². The Bertz CT molecular complexity index is 805. The van der Waals surface area contributed by atoms with Crippen LogP contribution < -0.4 is 19.6 Å². The summed E-state index contributed by atoms with van der Waals surface area (Å²) in [6.07, 6.45) is 5.44. The van der Waals surface area contributed by atoms with Gasteiger partial charge in [0, 0.05) is 34.1 Å². The van der Waals surface area contributed by atoms with Crippen molar-refractivity contribution in [3.8, 4) is 0 Å². The third-order valence-corrected chi connectivity index (χ3v) is 7.45. The summed E-state index contributed by atoms with van der Waals surface area (Å²) >= 11 is 0. The van der Waals surface area contributed by atoms with Crippen molar-refractivity contribution in [1.82, 2.24) is 0 Å². The summed E-state index contributed by atoms with van der Waals surface area (Å²) in [6.45, 7) is 0. The highest BCUT2D eigenvalue weighted by molar-refractivity contribution is 5.79. The average molecular weight is 363 g/mol. The van der Waals surface area contributed by atoms with Crippen LogP contribution in [0.25, 0.3) is 0 Å². The van der Waals surface area contributed by atoms with Crippen LogP contribution in [0.4, 0.5) is 22.7 Å². The molecule has 3 aliphatic rings. The van der Waals surface area contributed by atoms with E-state index in [1.807, 2.05) is 0 Å². The van der Waals surface area contributed by atoms with E-state index in [9.17, 15) is 0 Å². The van der Waals surface area contributed by atoms with Crippen LogP contribution in [-0.4, -0.2) is 40.0 Å². The van der Waals surface area contributed by atoms with E-state index in [1.54, 1.807) is 0 Å². The van der Waals surface area contributed by atoms with E-state index >= 15 is 0 Å². The van der Waals surface area contributed by atoms with Gasteiger partial charge in [0.15, 0.2) is 0 Å². The number of nitrogens with zero attached hydrogens (tertiary/aromatic N) is 4. The molecule has 1 atom stereocenters. The molecular weight excluding hydrogens is 332 g/mol. The first kappa shape index (κ1) is 16.8. The van der Waals surface area contributed by atoms with Gasteiger partial charge < -0.3 is 19.6 Å². The molecule has 142 valence electrons. The molecule has 4 nitrogen and oxygen atoms in total. The Morgan fingerprint density at radius 1 is 0.741 bits per heavy atom. The van der Waals surface area contributed by atoms with Gasteiger partial charge in [0.2, 0.25) is 0 Å². The lowest BCUT2D eigenvalue weighted by Gasteiger charge is -2.50. The Morgan fingerprint density at radius 3 is 1.74 bits per heavy atom. The summed E-state index contributed by atoms with van der Waals surface area (Å²) in [6, 6.07) is 17.7. The van der Waals surface area contributed by atoms with Crippen LogP contribution in [0.2, 0.25) is 0 Å². The van der Waals surface area contributed by atoms with E-state index < -0.39 is 0 Å². The monoisotopic (exact) mass is 362 g/mol. The van der Waals surface area contributed by atoms with Gasteiger partial charge in [-0.25, -0.2) is 0 Å². The summed E-state index contributed by atoms with van der Waals surface area (Å²) in [5, 5.41) is 0. The molecule has 0 aromatic heterocycles. The fourth-order valence-electron chi connectivity index (χ4n) is 6.08. The molecule has 0 saturated heterocycles. The van der Waals surface area contributed by atoms with Crippen LogP contribution in [0.15, 0.2) is 48.5 Å². The van der Waals surface area contributed by atoms with E-state index in [1.165, 1.54) is 48.4 Å². The Balaban J connectivity index is 1.48. The minimum absolute atomic E-state index is 0.100. The maximum atomic E-state index is 2.55. The molecule has 1 unspecified atom stereocenters. The second-order valence-electron chi connectivity index (χ2n) is 8.57. The van der Waals surface area contributed by atoms with Crippen LogP contribution in [0.1, 0.15) is 25.7 Å². The molecule has 5 rings (SSSR count). The highest BCUT2D eigenvalue weighted by Gasteiger charge is 2.51. The minimum Gasteiger partial charge on any atom is -0.352 e. The largest absolute Gasteiger partial charge is 0.352 e. The summed E-state index contributed by atoms with van der Waals surface area (Å²) in [5.74, 6) is 0.639. The first-order valence-corrected chi connectivity index (χ1v) is 10.2. The zero-order chi connectivity index (χ0) is 18.8. The molecule has 0 N–H and O–H groups in total. The molecule has 4 heteroatoms. The Labute approximate surface area is 163 Å². The molecule has 0 bridgehead atoms. The quantitative estimate of drug-likeness (QED) is 0.747. The maximum Gasteiger partial charge on any atom is 0.113 e. The van der Waals surface area contributed by atoms with E-state index in [0.717, 1.165) is 0 Å². The van der Waals surface area contributed by atoms with Crippen molar-refractivity contribution in [3.05, 3.63) is 48.5 Å². The maximum absolute atomic E-state index is 2.55. The molecule has 2 heterocycles. The first-order valence-electron chi connectivity index (χ1n) is 10.2. The summed E-state index contributed by atoms with van der Waals surface area (Å²) in [5.41, 5.74) is 5.57. The second kappa shape index (κ2) is 5.82. The summed E-state index contributed by atoms with van der Waals surface area (Å²) < 4.78 is 0. The lowest BCUT2D eigenvalue weighted by atomic mass is 9.78. The van der Waals surface area contributed by atoms with Gasteiger partial charge in [0.1, 0.15) is 11.8 Å². The molecule has 1 saturated carbocycles. The molecular formula is C23H30N4. The fraction of sp³-hybridized carbons (Fsp3) is 0.478. The predicted molar refractivity (Wildman–Crippen MR) is 115 cm³/mol. The van der Waals surface area contributed by atoms with Crippen LogP contribution in [-0.2, 0) is 0 Å². The van der Waals surface area contributed by atoms with Gasteiger partial charge in [0.05, 0.1) is 22.7 Å². The van der Waals surface area contributed by atoms with Crippen molar-refractivity contribution < 1.29 is 0 Å². The van der Waals surface area contributed by atoms with Gasteiger partial charge in [-0.2, -0.15) is 0 Å². The number of rotatable bonds is 1. The van der Waals surface area contributed by atoms with E-state index in [4.69, 9.17) is 0 Å². The molecule has 2 aromatic carbocycles. The lowest BCUT2D eigenvalue weighted by molar-refractivity contribution is 0.198. The standard InChI is InChI=1S/C23H30N4/c1-24-18-11-5-6-12-19(18)25(2)22(24)17-10-9-15-23(16-17)26(3)20-13-7-8-14-21(20)27(23)4/h5-8,11-14,17,22H,9-10,15-16H2,1-4H3. The molecule has 1 spiro atoms. The molecule has 2 aliphatic heterocycles. The number of hydrogen-bond acceptors (Lipinski definition) is 4. The van der Waals surface area contributed by atoms with Crippen molar-refractivity contribution in [3.63, 3.8) is 0 Å². The topological polar surface area (TPSA) is 13.0 Å². The van der Waals surface area contributed by atoms with Crippen LogP contribution >= 0.6 is 0 Å². The van der Waals surface area contributed by atoms with Gasteiger partial charge in [-0.15, -0.1) is 0 Å². The van der Waals surface area contributed by atoms with Crippen molar-refractivity contribution in [1.29, 1.82) is 0 Å². The molecule has 1 aliphatic carbocycles. The number of benzene rings is 2. The van der Waals surface area contributed by atoms with Crippen LogP contribution in [0.3, 0.4) is 0 Å². The number of fused-ring (bicyclic) bond motifs is 2. The Hall–Kier alpha value is -2.36. The van der Waals surface area contributed by atoms with Crippen LogP contribution in [0.5, 0.6) is 0 Å². The number of para-hydroxylation sites is 4. The molecule has 27 heavy (non-hydrogen) atoms. The van der Waals surface area contributed by atoms with Gasteiger partial charge in [0.25, 0.3) is 0 Å². The number of hydrogen-bond donors (Lipinski definition) is 0. The predicted octanol–water partition coefficient (Wildman–Crippen LogP) is 4.37. The number of anilines is 4. The lowest BCUT2D eigenvalue weighted by Crippen LogP contribution is -2.60.